The van der Waals surface area contributed by atoms with Crippen LogP contribution in [0.1, 0.15) is 30.9 Å². The number of hydrogen-bond acceptors (Lipinski definition) is 3. The Balaban J connectivity index is 2.54. The molecule has 22 heavy (non-hydrogen) atoms. The van der Waals surface area contributed by atoms with E-state index in [1.165, 1.54) is 0 Å². The smallest absolute Gasteiger partial charge is 0.123 e. The summed E-state index contributed by atoms with van der Waals surface area (Å²) in [5.74, 6) is -0.309. The molecular weight excluding hydrogens is 321 g/mol. The van der Waals surface area contributed by atoms with E-state index in [1.54, 1.807) is 37.7 Å². The lowest BCUT2D eigenvalue weighted by molar-refractivity contribution is -0.105. The zero-order valence-corrected chi connectivity index (χ0v) is 14.3. The van der Waals surface area contributed by atoms with Crippen molar-refractivity contribution in [2.24, 2.45) is 0 Å². The number of benzene rings is 1. The second-order valence-corrected chi connectivity index (χ2v) is 6.18. The van der Waals surface area contributed by atoms with Gasteiger partial charge in [0.05, 0.1) is 6.10 Å². The number of methoxy groups -OCH3 is 1. The van der Waals surface area contributed by atoms with Crippen molar-refractivity contribution in [3.05, 3.63) is 63.9 Å². The second-order valence-electron chi connectivity index (χ2n) is 5.33. The third-order valence-corrected chi connectivity index (χ3v) is 4.75. The summed E-state index contributed by atoms with van der Waals surface area (Å²) in [4.78, 5) is 4.11. The van der Waals surface area contributed by atoms with Crippen molar-refractivity contribution >= 4 is 23.2 Å². The molecule has 0 fully saturated rings. The fourth-order valence-corrected chi connectivity index (χ4v) is 3.28. The van der Waals surface area contributed by atoms with Crippen LogP contribution < -0.4 is 0 Å². The summed E-state index contributed by atoms with van der Waals surface area (Å²) in [6.07, 6.45) is 2.87. The molecular formula is C17H19Cl2NO2. The minimum atomic E-state index is -1.26. The van der Waals surface area contributed by atoms with Gasteiger partial charge in [-0.05, 0) is 30.7 Å². The van der Waals surface area contributed by atoms with E-state index < -0.39 is 11.7 Å². The zero-order chi connectivity index (χ0) is 16.3. The largest absolute Gasteiger partial charge is 0.382 e. The number of ether oxygens (including phenoxy) is 1. The van der Waals surface area contributed by atoms with E-state index in [4.69, 9.17) is 27.9 Å². The van der Waals surface area contributed by atoms with Gasteiger partial charge >= 0.3 is 0 Å². The van der Waals surface area contributed by atoms with Gasteiger partial charge in [0, 0.05) is 41.0 Å². The molecule has 1 aromatic carbocycles. The molecule has 2 aromatic rings. The van der Waals surface area contributed by atoms with E-state index >= 15 is 0 Å². The highest BCUT2D eigenvalue weighted by atomic mass is 35.5. The van der Waals surface area contributed by atoms with Crippen molar-refractivity contribution in [2.75, 3.05) is 7.11 Å². The van der Waals surface area contributed by atoms with Crippen LogP contribution in [0, 0.1) is 0 Å². The molecule has 1 heterocycles. The van der Waals surface area contributed by atoms with Gasteiger partial charge in [-0.2, -0.15) is 0 Å². The Morgan fingerprint density at radius 3 is 2.50 bits per heavy atom. The molecule has 0 aliphatic rings. The predicted octanol–water partition coefficient (Wildman–Crippen LogP) is 4.41. The molecule has 1 N–H and O–H groups in total. The maximum Gasteiger partial charge on any atom is 0.123 e. The lowest BCUT2D eigenvalue weighted by Gasteiger charge is -2.39. The highest BCUT2D eigenvalue weighted by molar-refractivity contribution is 6.35. The Morgan fingerprint density at radius 2 is 1.95 bits per heavy atom. The van der Waals surface area contributed by atoms with Crippen LogP contribution in [0.2, 0.25) is 10.0 Å². The van der Waals surface area contributed by atoms with Gasteiger partial charge in [-0.1, -0.05) is 42.3 Å². The van der Waals surface area contributed by atoms with Crippen molar-refractivity contribution in [2.45, 2.75) is 31.5 Å². The first-order valence-electron chi connectivity index (χ1n) is 7.01. The Labute approximate surface area is 140 Å². The Hall–Kier alpha value is -1.13. The lowest BCUT2D eigenvalue weighted by atomic mass is 9.75. The first-order valence-corrected chi connectivity index (χ1v) is 7.77. The quantitative estimate of drug-likeness (QED) is 0.876. The standard InChI is InChI=1S/C17H19Cl2NO2/c1-11(15-7-6-14(18)9-16(15)19)17(21,12(2)22-3)13-5-4-8-20-10-13/h4-12,21H,1-3H3. The predicted molar refractivity (Wildman–Crippen MR) is 89.5 cm³/mol. The number of hydrogen-bond donors (Lipinski definition) is 1. The van der Waals surface area contributed by atoms with Crippen LogP contribution in [0.25, 0.3) is 0 Å². The van der Waals surface area contributed by atoms with Crippen molar-refractivity contribution in [3.63, 3.8) is 0 Å². The molecule has 118 valence electrons. The summed E-state index contributed by atoms with van der Waals surface area (Å²) >= 11 is 12.3. The topological polar surface area (TPSA) is 42.4 Å². The van der Waals surface area contributed by atoms with Gasteiger partial charge in [0.25, 0.3) is 0 Å². The molecule has 0 saturated heterocycles. The van der Waals surface area contributed by atoms with Crippen LogP contribution >= 0.6 is 23.2 Å². The van der Waals surface area contributed by atoms with Crippen LogP contribution in [-0.4, -0.2) is 23.3 Å². The van der Waals surface area contributed by atoms with Crippen LogP contribution in [0.15, 0.2) is 42.7 Å². The van der Waals surface area contributed by atoms with Gasteiger partial charge < -0.3 is 9.84 Å². The van der Waals surface area contributed by atoms with Gasteiger partial charge in [-0.25, -0.2) is 0 Å². The summed E-state index contributed by atoms with van der Waals surface area (Å²) in [5, 5.41) is 12.5. The molecule has 0 aliphatic heterocycles. The van der Waals surface area contributed by atoms with Crippen molar-refractivity contribution < 1.29 is 9.84 Å². The minimum absolute atomic E-state index is 0.309. The maximum atomic E-state index is 11.4. The molecule has 5 heteroatoms. The maximum absolute atomic E-state index is 11.4. The molecule has 3 unspecified atom stereocenters. The second kappa shape index (κ2) is 6.97. The van der Waals surface area contributed by atoms with Gasteiger partial charge in [-0.3, -0.25) is 4.98 Å². The van der Waals surface area contributed by atoms with Crippen molar-refractivity contribution in [1.29, 1.82) is 0 Å². The van der Waals surface area contributed by atoms with Gasteiger partial charge in [0.2, 0.25) is 0 Å². The van der Waals surface area contributed by atoms with Crippen molar-refractivity contribution in [1.82, 2.24) is 4.98 Å². The number of aromatic nitrogens is 1. The summed E-state index contributed by atoms with van der Waals surface area (Å²) in [6.45, 7) is 3.74. The Bertz CT molecular complexity index is 636. The van der Waals surface area contributed by atoms with Crippen LogP contribution in [0.3, 0.4) is 0 Å². The Kier molecular flexibility index (Phi) is 5.45. The number of rotatable bonds is 5. The summed E-state index contributed by atoms with van der Waals surface area (Å²) in [5.41, 5.74) is 0.227. The minimum Gasteiger partial charge on any atom is -0.382 e. The average Bonchev–Trinajstić information content (AvgIpc) is 2.53. The highest BCUT2D eigenvalue weighted by Gasteiger charge is 2.43. The lowest BCUT2D eigenvalue weighted by Crippen LogP contribution is -2.43. The van der Waals surface area contributed by atoms with Crippen LogP contribution in [0.5, 0.6) is 0 Å². The first-order chi connectivity index (χ1) is 10.4. The molecule has 1 aromatic heterocycles. The van der Waals surface area contributed by atoms with E-state index in [2.05, 4.69) is 4.98 Å². The molecule has 0 amide bonds. The zero-order valence-electron chi connectivity index (χ0n) is 12.8. The van der Waals surface area contributed by atoms with Gasteiger partial charge in [0.1, 0.15) is 5.60 Å². The van der Waals surface area contributed by atoms with E-state index in [1.807, 2.05) is 26.0 Å². The number of halogens is 2. The monoisotopic (exact) mass is 339 g/mol. The van der Waals surface area contributed by atoms with E-state index in [9.17, 15) is 5.11 Å². The normalized spacial score (nSPS) is 16.8. The van der Waals surface area contributed by atoms with E-state index in [0.717, 1.165) is 5.56 Å². The molecule has 3 nitrogen and oxygen atoms in total. The van der Waals surface area contributed by atoms with E-state index in [0.29, 0.717) is 15.6 Å². The SMILES string of the molecule is COC(C)C(O)(c1cccnc1)C(C)c1ccc(Cl)cc1Cl. The summed E-state index contributed by atoms with van der Waals surface area (Å²) in [7, 11) is 1.57. The Morgan fingerprint density at radius 1 is 1.23 bits per heavy atom. The van der Waals surface area contributed by atoms with Gasteiger partial charge in [-0.15, -0.1) is 0 Å². The highest BCUT2D eigenvalue weighted by Crippen LogP contribution is 2.42. The molecule has 3 atom stereocenters. The number of aliphatic hydroxyl groups is 1. The molecule has 0 radical (unpaired) electrons. The molecule has 0 aliphatic carbocycles. The molecule has 0 spiro atoms. The van der Waals surface area contributed by atoms with Gasteiger partial charge in [0.15, 0.2) is 0 Å². The molecule has 0 bridgehead atoms. The fraction of sp³-hybridized carbons (Fsp3) is 0.353. The fourth-order valence-electron chi connectivity index (χ4n) is 2.71. The molecule has 2 rings (SSSR count). The number of pyridine rings is 1. The van der Waals surface area contributed by atoms with E-state index in [-0.39, 0.29) is 5.92 Å². The number of nitrogens with zero attached hydrogens (tertiary/aromatic N) is 1. The first kappa shape index (κ1) is 17.2. The third-order valence-electron chi connectivity index (χ3n) is 4.19. The molecule has 0 saturated carbocycles. The van der Waals surface area contributed by atoms with Crippen LogP contribution in [0.4, 0.5) is 0 Å². The van der Waals surface area contributed by atoms with Crippen molar-refractivity contribution in [3.8, 4) is 0 Å². The third kappa shape index (κ3) is 3.13. The summed E-state index contributed by atoms with van der Waals surface area (Å²) < 4.78 is 5.43. The average molecular weight is 340 g/mol. The summed E-state index contributed by atoms with van der Waals surface area (Å²) in [6, 6.07) is 8.90. The van der Waals surface area contributed by atoms with Crippen LogP contribution in [-0.2, 0) is 10.3 Å².